The molecule has 120 valence electrons. The molecular formula is C19H22N2O2. The van der Waals surface area contributed by atoms with E-state index in [1.54, 1.807) is 13.0 Å². The number of hydrogen-bond acceptors (Lipinski definition) is 4. The number of carbonyl (C=O) groups excluding carboxylic acids is 1. The van der Waals surface area contributed by atoms with Crippen LogP contribution in [0.2, 0.25) is 0 Å². The van der Waals surface area contributed by atoms with Crippen molar-refractivity contribution in [3.05, 3.63) is 59.2 Å². The first-order valence-electron chi connectivity index (χ1n) is 7.63. The third kappa shape index (κ3) is 4.68. The van der Waals surface area contributed by atoms with Crippen molar-refractivity contribution in [2.75, 3.05) is 5.73 Å². The highest BCUT2D eigenvalue weighted by Crippen LogP contribution is 2.25. The number of hydrogen-bond donors (Lipinski definition) is 2. The second-order valence-electron chi connectivity index (χ2n) is 5.66. The molecule has 0 unspecified atom stereocenters. The van der Waals surface area contributed by atoms with E-state index in [0.717, 1.165) is 16.7 Å². The largest absolute Gasteiger partial charge is 0.506 e. The van der Waals surface area contributed by atoms with Crippen LogP contribution in [0.4, 0.5) is 5.69 Å². The quantitative estimate of drug-likeness (QED) is 0.487. The Kier molecular flexibility index (Phi) is 5.52. The van der Waals surface area contributed by atoms with Gasteiger partial charge in [0.25, 0.3) is 0 Å². The molecule has 4 heteroatoms. The van der Waals surface area contributed by atoms with E-state index in [-0.39, 0.29) is 11.5 Å². The number of ketones is 1. The number of rotatable bonds is 6. The summed E-state index contributed by atoms with van der Waals surface area (Å²) in [7, 11) is 0. The first kappa shape index (κ1) is 16.7. The van der Waals surface area contributed by atoms with Crippen LogP contribution >= 0.6 is 0 Å². The first-order valence-corrected chi connectivity index (χ1v) is 7.63. The summed E-state index contributed by atoms with van der Waals surface area (Å²) in [5.74, 6) is 0.105. The Labute approximate surface area is 136 Å². The van der Waals surface area contributed by atoms with Crippen molar-refractivity contribution in [1.29, 1.82) is 0 Å². The lowest BCUT2D eigenvalue weighted by molar-refractivity contribution is -0.113. The van der Waals surface area contributed by atoms with E-state index in [9.17, 15) is 9.90 Å². The summed E-state index contributed by atoms with van der Waals surface area (Å²) in [6.07, 6.45) is 1.17. The number of benzene rings is 2. The van der Waals surface area contributed by atoms with Crippen LogP contribution < -0.4 is 5.73 Å². The first-order chi connectivity index (χ1) is 11.0. The summed E-state index contributed by atoms with van der Waals surface area (Å²) < 4.78 is 0. The minimum Gasteiger partial charge on any atom is -0.506 e. The van der Waals surface area contributed by atoms with E-state index in [1.807, 2.05) is 43.3 Å². The number of phenols is 1. The molecule has 0 atom stereocenters. The normalized spacial score (nSPS) is 11.5. The molecule has 0 saturated carbocycles. The number of carbonyl (C=O) groups is 1. The zero-order valence-electron chi connectivity index (χ0n) is 13.5. The molecule has 0 radical (unpaired) electrons. The van der Waals surface area contributed by atoms with Crippen molar-refractivity contribution < 1.29 is 9.90 Å². The van der Waals surface area contributed by atoms with Crippen LogP contribution in [0.25, 0.3) is 0 Å². The number of aryl methyl sites for hydroxylation is 2. The SMILES string of the molecule is CC(=NCc1cc(C)c(N)c(O)c1)C(=O)CCc1ccccc1. The highest BCUT2D eigenvalue weighted by Gasteiger charge is 2.08. The molecular weight excluding hydrogens is 288 g/mol. The Hall–Kier alpha value is -2.62. The van der Waals surface area contributed by atoms with Crippen molar-refractivity contribution in [2.24, 2.45) is 4.99 Å². The van der Waals surface area contributed by atoms with Crippen molar-refractivity contribution in [3.63, 3.8) is 0 Å². The van der Waals surface area contributed by atoms with Crippen LogP contribution in [0.3, 0.4) is 0 Å². The molecule has 0 aliphatic rings. The maximum atomic E-state index is 12.1. The third-order valence-corrected chi connectivity index (χ3v) is 3.81. The van der Waals surface area contributed by atoms with Gasteiger partial charge >= 0.3 is 0 Å². The summed E-state index contributed by atoms with van der Waals surface area (Å²) >= 11 is 0. The van der Waals surface area contributed by atoms with Gasteiger partial charge in [0.2, 0.25) is 0 Å². The lowest BCUT2D eigenvalue weighted by Crippen LogP contribution is -2.11. The van der Waals surface area contributed by atoms with E-state index >= 15 is 0 Å². The lowest BCUT2D eigenvalue weighted by atomic mass is 10.1. The average molecular weight is 310 g/mol. The molecule has 0 fully saturated rings. The molecule has 2 rings (SSSR count). The second-order valence-corrected chi connectivity index (χ2v) is 5.66. The summed E-state index contributed by atoms with van der Waals surface area (Å²) in [6.45, 7) is 3.93. The van der Waals surface area contributed by atoms with Crippen molar-refractivity contribution in [1.82, 2.24) is 0 Å². The van der Waals surface area contributed by atoms with Gasteiger partial charge in [-0.15, -0.1) is 0 Å². The smallest absolute Gasteiger partial charge is 0.176 e. The monoisotopic (exact) mass is 310 g/mol. The number of Topliss-reactive ketones (excluding diaryl/α,β-unsaturated/α-hetero) is 1. The molecule has 0 saturated heterocycles. The van der Waals surface area contributed by atoms with Gasteiger partial charge in [-0.05, 0) is 43.0 Å². The van der Waals surface area contributed by atoms with E-state index < -0.39 is 0 Å². The maximum absolute atomic E-state index is 12.1. The molecule has 0 heterocycles. The highest BCUT2D eigenvalue weighted by molar-refractivity contribution is 6.38. The molecule has 0 aliphatic heterocycles. The average Bonchev–Trinajstić information content (AvgIpc) is 2.56. The number of phenolic OH excluding ortho intramolecular Hbond substituents is 1. The Bertz CT molecular complexity index is 698. The summed E-state index contributed by atoms with van der Waals surface area (Å²) in [4.78, 5) is 16.5. The van der Waals surface area contributed by atoms with E-state index in [4.69, 9.17) is 5.73 Å². The second kappa shape index (κ2) is 7.58. The van der Waals surface area contributed by atoms with Gasteiger partial charge in [-0.1, -0.05) is 36.4 Å². The summed E-state index contributed by atoms with van der Waals surface area (Å²) in [6, 6.07) is 13.4. The molecule has 3 N–H and O–H groups in total. The fraction of sp³-hybridized carbons (Fsp3) is 0.263. The fourth-order valence-electron chi connectivity index (χ4n) is 2.33. The fourth-order valence-corrected chi connectivity index (χ4v) is 2.33. The Morgan fingerprint density at radius 2 is 1.87 bits per heavy atom. The topological polar surface area (TPSA) is 75.7 Å². The zero-order valence-corrected chi connectivity index (χ0v) is 13.5. The van der Waals surface area contributed by atoms with Crippen molar-refractivity contribution in [2.45, 2.75) is 33.2 Å². The van der Waals surface area contributed by atoms with Crippen LogP contribution in [0, 0.1) is 6.92 Å². The van der Waals surface area contributed by atoms with Gasteiger partial charge in [0.05, 0.1) is 17.9 Å². The van der Waals surface area contributed by atoms with Crippen LogP contribution in [0.15, 0.2) is 47.5 Å². The minimum absolute atomic E-state index is 0.0465. The molecule has 0 bridgehead atoms. The molecule has 4 nitrogen and oxygen atoms in total. The van der Waals surface area contributed by atoms with Gasteiger partial charge in [0, 0.05) is 6.42 Å². The Balaban J connectivity index is 1.95. The van der Waals surface area contributed by atoms with Gasteiger partial charge in [-0.2, -0.15) is 0 Å². The maximum Gasteiger partial charge on any atom is 0.176 e. The molecule has 0 aliphatic carbocycles. The molecule has 2 aromatic carbocycles. The molecule has 0 spiro atoms. The standard InChI is InChI=1S/C19H22N2O2/c1-13-10-16(11-18(23)19(13)20)12-21-14(2)17(22)9-8-15-6-4-3-5-7-15/h3-7,10-11,23H,8-9,12,20H2,1-2H3. The number of aliphatic imine (C=N–C) groups is 1. The van der Waals surface area contributed by atoms with Crippen LogP contribution in [-0.2, 0) is 17.8 Å². The van der Waals surface area contributed by atoms with Crippen LogP contribution in [-0.4, -0.2) is 16.6 Å². The molecule has 0 aromatic heterocycles. The number of nitrogen functional groups attached to an aromatic ring is 1. The molecule has 23 heavy (non-hydrogen) atoms. The molecule has 0 amide bonds. The van der Waals surface area contributed by atoms with E-state index in [1.165, 1.54) is 0 Å². The van der Waals surface area contributed by atoms with E-state index in [0.29, 0.717) is 30.8 Å². The predicted molar refractivity (Wildman–Crippen MR) is 93.8 cm³/mol. The number of aromatic hydroxyl groups is 1. The Morgan fingerprint density at radius 1 is 1.17 bits per heavy atom. The molecule has 2 aromatic rings. The summed E-state index contributed by atoms with van der Waals surface area (Å²) in [5, 5.41) is 9.73. The minimum atomic E-state index is 0.0465. The summed E-state index contributed by atoms with van der Waals surface area (Å²) in [5.41, 5.74) is 9.39. The van der Waals surface area contributed by atoms with Crippen LogP contribution in [0.1, 0.15) is 30.0 Å². The lowest BCUT2D eigenvalue weighted by Gasteiger charge is -2.06. The number of anilines is 1. The van der Waals surface area contributed by atoms with Gasteiger partial charge < -0.3 is 10.8 Å². The van der Waals surface area contributed by atoms with Crippen molar-refractivity contribution >= 4 is 17.2 Å². The predicted octanol–water partition coefficient (Wildman–Crippen LogP) is 3.45. The van der Waals surface area contributed by atoms with E-state index in [2.05, 4.69) is 4.99 Å². The van der Waals surface area contributed by atoms with Gasteiger partial charge in [0.1, 0.15) is 5.75 Å². The van der Waals surface area contributed by atoms with Gasteiger partial charge in [-0.3, -0.25) is 9.79 Å². The van der Waals surface area contributed by atoms with Crippen molar-refractivity contribution in [3.8, 4) is 5.75 Å². The van der Waals surface area contributed by atoms with Crippen LogP contribution in [0.5, 0.6) is 5.75 Å². The highest BCUT2D eigenvalue weighted by atomic mass is 16.3. The third-order valence-electron chi connectivity index (χ3n) is 3.81. The Morgan fingerprint density at radius 3 is 2.52 bits per heavy atom. The van der Waals surface area contributed by atoms with Gasteiger partial charge in [0.15, 0.2) is 5.78 Å². The van der Waals surface area contributed by atoms with Gasteiger partial charge in [-0.25, -0.2) is 0 Å². The number of nitrogens with zero attached hydrogens (tertiary/aromatic N) is 1. The zero-order chi connectivity index (χ0) is 16.8. The number of nitrogens with two attached hydrogens (primary N) is 1.